The van der Waals surface area contributed by atoms with Gasteiger partial charge in [-0.05, 0) is 108 Å². The topological polar surface area (TPSA) is 140 Å². The Kier molecular flexibility index (Phi) is 35.2. The van der Waals surface area contributed by atoms with Gasteiger partial charge in [-0.15, -0.1) is 36.4 Å². The molecule has 0 aliphatic rings. The minimum atomic E-state index is -1.26. The summed E-state index contributed by atoms with van der Waals surface area (Å²) in [6, 6.07) is 49.4. The van der Waals surface area contributed by atoms with Crippen molar-refractivity contribution in [2.75, 3.05) is 0 Å². The predicted octanol–water partition coefficient (Wildman–Crippen LogP) is 13.7. The summed E-state index contributed by atoms with van der Waals surface area (Å²) < 4.78 is 103. The number of hydrogen-bond donors (Lipinski definition) is 1. The van der Waals surface area contributed by atoms with Crippen LogP contribution in [0.1, 0.15) is 16.1 Å². The monoisotopic (exact) mass is 2020 g/mol. The van der Waals surface area contributed by atoms with Crippen molar-refractivity contribution < 1.29 is 146 Å². The molecule has 0 aliphatic heterocycles. The maximum absolute atomic E-state index is 13.4. The zero-order chi connectivity index (χ0) is 55.7. The Morgan fingerprint density at radius 1 is 0.422 bits per heavy atom. The number of carboxylic acid groups (broad SMARTS) is 1. The molecule has 0 spiro atoms. The number of carboxylic acids is 1. The molecule has 23 heteroatoms. The van der Waals surface area contributed by atoms with Gasteiger partial charge in [0.15, 0.2) is 0 Å². The second-order valence-electron chi connectivity index (χ2n) is 15.3. The van der Waals surface area contributed by atoms with Crippen molar-refractivity contribution in [3.63, 3.8) is 0 Å². The van der Waals surface area contributed by atoms with Crippen LogP contribution in [0.15, 0.2) is 201 Å². The van der Waals surface area contributed by atoms with Gasteiger partial charge in [0.25, 0.3) is 0 Å². The van der Waals surface area contributed by atoms with E-state index in [9.17, 15) is 39.9 Å². The molecule has 0 unspecified atom stereocenters. The molecule has 8 heterocycles. The Morgan fingerprint density at radius 3 is 1.39 bits per heavy atom. The fourth-order valence-corrected chi connectivity index (χ4v) is 6.12. The van der Waals surface area contributed by atoms with Crippen LogP contribution >= 0.6 is 0 Å². The molecule has 1 N–H and O–H groups in total. The molecular formula is C60H37F8Ir5N8O2-5. The van der Waals surface area contributed by atoms with Crippen molar-refractivity contribution in [2.45, 2.75) is 6.92 Å². The Hall–Kier alpha value is -6.98. The summed E-state index contributed by atoms with van der Waals surface area (Å²) in [5.74, 6) is -7.69. The number of rotatable bonds is 6. The average Bonchev–Trinajstić information content (AvgIpc) is 3.46. The minimum Gasteiger partial charge on any atom is -0.477 e. The smallest absolute Gasteiger partial charge is 0.354 e. The van der Waals surface area contributed by atoms with Crippen LogP contribution in [-0.4, -0.2) is 50.9 Å². The van der Waals surface area contributed by atoms with Crippen LogP contribution in [0.4, 0.5) is 35.1 Å². The summed E-state index contributed by atoms with van der Waals surface area (Å²) in [5.41, 5.74) is 5.36. The van der Waals surface area contributed by atoms with Crippen molar-refractivity contribution in [2.24, 2.45) is 0 Å². The number of carbonyl (C=O) groups is 1. The van der Waals surface area contributed by atoms with Crippen LogP contribution in [0.25, 0.3) is 56.4 Å². The summed E-state index contributed by atoms with van der Waals surface area (Å²) in [7, 11) is 0. The van der Waals surface area contributed by atoms with E-state index < -0.39 is 52.5 Å². The third-order valence-corrected chi connectivity index (χ3v) is 9.68. The first-order valence-electron chi connectivity index (χ1n) is 22.6. The first-order valence-corrected chi connectivity index (χ1v) is 22.6. The molecule has 11 aromatic rings. The molecule has 0 bridgehead atoms. The van der Waals surface area contributed by atoms with Gasteiger partial charge in [-0.2, -0.15) is 23.8 Å². The van der Waals surface area contributed by atoms with Crippen LogP contribution in [0.3, 0.4) is 0 Å². The van der Waals surface area contributed by atoms with E-state index in [2.05, 4.69) is 64.1 Å². The van der Waals surface area contributed by atoms with Gasteiger partial charge in [-0.3, -0.25) is 36.3 Å². The molecule has 5 radical (unpaired) electrons. The SMILES string of the molecule is Cc1ccnc(-c2[c-]cc(F)cc2F)c1.Fc1[c-]c(-c2ccccn2)c(F)cc1F.Fc1ccnc(-c2[c-]cc(F)cc2F)c1.O=C(O)c1ccccn1.[Ir].[Ir].[Ir].[Ir].[Ir].[c-]1cccnc1-c1ccccn1.[c-]1cnccc1-c1ccccn1. The summed E-state index contributed by atoms with van der Waals surface area (Å²) in [6.07, 6.45) is 14.3. The van der Waals surface area contributed by atoms with Gasteiger partial charge < -0.3 is 30.0 Å². The number of hydrogen-bond acceptors (Lipinski definition) is 9. The number of aromatic carboxylic acids is 1. The fraction of sp³-hybridized carbons (Fsp3) is 0.0167. The van der Waals surface area contributed by atoms with Gasteiger partial charge in [0.1, 0.15) is 11.5 Å². The van der Waals surface area contributed by atoms with Crippen LogP contribution in [0.2, 0.25) is 0 Å². The van der Waals surface area contributed by atoms with Gasteiger partial charge >= 0.3 is 5.97 Å². The van der Waals surface area contributed by atoms with E-state index in [1.54, 1.807) is 67.5 Å². The molecule has 11 rings (SSSR count). The van der Waals surface area contributed by atoms with Gasteiger partial charge in [0, 0.05) is 167 Å². The molecule has 0 aliphatic carbocycles. The van der Waals surface area contributed by atoms with Crippen molar-refractivity contribution in [3.05, 3.63) is 289 Å². The second kappa shape index (κ2) is 39.5. The van der Waals surface area contributed by atoms with E-state index >= 15 is 0 Å². The standard InChI is InChI=1S/C12H8F2N.2C11H5F3N.2C10H7N2.C6H5NO2.5Ir/c1-8-4-5-15-12(6-8)10-3-2-9(13)7-11(10)14;12-7-1-2-9(10(14)5-7)11-6-8(13)3-4-15-11;12-8-6-10(14)9(13)5-7(8)11-3-1-2-4-15-11;1-3-7-11-9(5-1)10-6-2-4-8-12-10;1-2-6-12-10(3-1)9-4-7-11-8-5-9;8-6(9)5-3-1-2-4-7-5;;;;;/h2,4-7H,1H3;1,3-6H;1-4,6H;1-5,7-8H;1-4,6-8H;1-4H,(H,8,9);;;;;/q5*-1;;;;;;. The van der Waals surface area contributed by atoms with Crippen LogP contribution in [0.5, 0.6) is 0 Å². The quantitative estimate of drug-likeness (QED) is 0.0972. The second-order valence-corrected chi connectivity index (χ2v) is 15.3. The number of pyridine rings is 8. The molecule has 0 saturated carbocycles. The zero-order valence-corrected chi connectivity index (χ0v) is 54.2. The van der Waals surface area contributed by atoms with E-state index in [1.807, 2.05) is 73.7 Å². The van der Waals surface area contributed by atoms with Gasteiger partial charge in [0.2, 0.25) is 0 Å². The van der Waals surface area contributed by atoms with E-state index in [0.717, 1.165) is 58.5 Å². The van der Waals surface area contributed by atoms with E-state index in [1.165, 1.54) is 30.7 Å². The Morgan fingerprint density at radius 2 is 0.928 bits per heavy atom. The van der Waals surface area contributed by atoms with Crippen LogP contribution in [-0.2, 0) is 101 Å². The van der Waals surface area contributed by atoms with E-state index in [-0.39, 0.29) is 134 Å². The Bertz CT molecular complexity index is 3390. The third-order valence-electron chi connectivity index (χ3n) is 9.68. The molecule has 0 atom stereocenters. The van der Waals surface area contributed by atoms with E-state index in [4.69, 9.17) is 5.11 Å². The molecule has 0 saturated heterocycles. The molecule has 0 fully saturated rings. The number of aromatic nitrogens is 8. The van der Waals surface area contributed by atoms with Gasteiger partial charge in [-0.25, -0.2) is 18.6 Å². The summed E-state index contributed by atoms with van der Waals surface area (Å²) in [6.45, 7) is 1.88. The number of nitrogens with zero attached hydrogens (tertiary/aromatic N) is 8. The molecule has 8 aromatic heterocycles. The largest absolute Gasteiger partial charge is 0.477 e. The van der Waals surface area contributed by atoms with Gasteiger partial charge in [-0.1, -0.05) is 95.1 Å². The predicted molar refractivity (Wildman–Crippen MR) is 274 cm³/mol. The van der Waals surface area contributed by atoms with Crippen LogP contribution in [0, 0.1) is 83.8 Å². The van der Waals surface area contributed by atoms with Crippen molar-refractivity contribution in [1.82, 2.24) is 39.9 Å². The van der Waals surface area contributed by atoms with Gasteiger partial charge in [0.05, 0.1) is 11.6 Å². The first-order chi connectivity index (χ1) is 37.7. The molecule has 10 nitrogen and oxygen atoms in total. The number of benzene rings is 3. The maximum Gasteiger partial charge on any atom is 0.354 e. The number of halogens is 8. The molecular weight excluding hydrogens is 1980 g/mol. The molecule has 3 aromatic carbocycles. The maximum atomic E-state index is 13.4. The van der Waals surface area contributed by atoms with Crippen molar-refractivity contribution >= 4 is 5.97 Å². The summed E-state index contributed by atoms with van der Waals surface area (Å²) in [4.78, 5) is 41.7. The normalized spacial score (nSPS) is 9.36. The summed E-state index contributed by atoms with van der Waals surface area (Å²) in [5, 5.41) is 8.32. The zero-order valence-electron chi connectivity index (χ0n) is 42.2. The van der Waals surface area contributed by atoms with Crippen molar-refractivity contribution in [3.8, 4) is 56.4 Å². The van der Waals surface area contributed by atoms with E-state index in [0.29, 0.717) is 17.8 Å². The molecule has 435 valence electrons. The molecule has 83 heavy (non-hydrogen) atoms. The average molecular weight is 2020 g/mol. The number of aryl methyl sites for hydroxylation is 1. The fourth-order valence-electron chi connectivity index (χ4n) is 6.12. The van der Waals surface area contributed by atoms with Crippen molar-refractivity contribution in [1.29, 1.82) is 0 Å². The first kappa shape index (κ1) is 74.0. The Labute approximate surface area is 539 Å². The molecule has 0 amide bonds. The minimum absolute atomic E-state index is 0. The summed E-state index contributed by atoms with van der Waals surface area (Å²) >= 11 is 0. The Balaban J connectivity index is 0.000000495. The third kappa shape index (κ3) is 24.8. The van der Waals surface area contributed by atoms with Crippen LogP contribution < -0.4 is 0 Å².